The number of aromatic nitrogens is 2. The summed E-state index contributed by atoms with van der Waals surface area (Å²) in [4.78, 5) is 11.8. The molecule has 0 saturated heterocycles. The summed E-state index contributed by atoms with van der Waals surface area (Å²) >= 11 is 0. The number of carbonyl (C=O) groups is 1. The summed E-state index contributed by atoms with van der Waals surface area (Å²) in [7, 11) is 0. The van der Waals surface area contributed by atoms with Gasteiger partial charge >= 0.3 is 0 Å². The van der Waals surface area contributed by atoms with Crippen molar-refractivity contribution in [3.63, 3.8) is 0 Å². The van der Waals surface area contributed by atoms with Crippen molar-refractivity contribution in [1.29, 1.82) is 0 Å². The van der Waals surface area contributed by atoms with Crippen LogP contribution in [-0.4, -0.2) is 35.4 Å². The number of aromatic amines is 1. The fourth-order valence-electron chi connectivity index (χ4n) is 1.66. The average molecular weight is 268 g/mol. The van der Waals surface area contributed by atoms with E-state index in [0.29, 0.717) is 12.2 Å². The number of nitrogens with two attached hydrogens (primary N) is 1. The van der Waals surface area contributed by atoms with Crippen LogP contribution in [-0.2, 0) is 11.2 Å². The Morgan fingerprint density at radius 2 is 2.21 bits per heavy atom. The highest BCUT2D eigenvalue weighted by atomic mass is 16.5. The number of anilines is 1. The minimum Gasteiger partial charge on any atom is -0.395 e. The van der Waals surface area contributed by atoms with E-state index in [4.69, 9.17) is 10.5 Å². The van der Waals surface area contributed by atoms with Crippen LogP contribution in [0, 0.1) is 0 Å². The van der Waals surface area contributed by atoms with Crippen LogP contribution in [0.4, 0.5) is 5.69 Å². The lowest BCUT2D eigenvalue weighted by Crippen LogP contribution is -2.26. The summed E-state index contributed by atoms with van der Waals surface area (Å²) in [5, 5.41) is 9.52. The molecule has 0 aromatic carbocycles. The molecule has 0 spiro atoms. The Bertz CT molecular complexity index is 401. The van der Waals surface area contributed by atoms with Gasteiger partial charge < -0.3 is 15.8 Å². The van der Waals surface area contributed by atoms with Gasteiger partial charge in [-0.05, 0) is 33.1 Å². The molecule has 0 fully saturated rings. The third-order valence-corrected chi connectivity index (χ3v) is 2.76. The lowest BCUT2D eigenvalue weighted by atomic mass is 10.2. The van der Waals surface area contributed by atoms with Crippen LogP contribution in [0.15, 0.2) is 0 Å². The van der Waals surface area contributed by atoms with Crippen LogP contribution in [0.3, 0.4) is 0 Å². The number of aryl methyl sites for hydroxylation is 1. The molecular formula is C13H24N4O2. The van der Waals surface area contributed by atoms with E-state index in [9.17, 15) is 4.79 Å². The van der Waals surface area contributed by atoms with Crippen molar-refractivity contribution >= 4 is 11.6 Å². The van der Waals surface area contributed by atoms with Gasteiger partial charge in [-0.15, -0.1) is 0 Å². The fourth-order valence-corrected chi connectivity index (χ4v) is 1.66. The predicted molar refractivity (Wildman–Crippen MR) is 75.0 cm³/mol. The molecule has 0 saturated carbocycles. The van der Waals surface area contributed by atoms with Gasteiger partial charge in [-0.25, -0.2) is 0 Å². The highest BCUT2D eigenvalue weighted by Crippen LogP contribution is 2.13. The number of ether oxygens (including phenoxy) is 1. The number of hydrogen-bond donors (Lipinski definition) is 3. The molecule has 0 aliphatic rings. The number of amides is 1. The van der Waals surface area contributed by atoms with Crippen molar-refractivity contribution in [1.82, 2.24) is 15.5 Å². The van der Waals surface area contributed by atoms with Crippen LogP contribution < -0.4 is 11.1 Å². The third-order valence-electron chi connectivity index (χ3n) is 2.76. The monoisotopic (exact) mass is 268 g/mol. The zero-order valence-corrected chi connectivity index (χ0v) is 12.0. The predicted octanol–water partition coefficient (Wildman–Crippen LogP) is 1.49. The third kappa shape index (κ3) is 4.90. The van der Waals surface area contributed by atoms with Gasteiger partial charge in [-0.3, -0.25) is 9.89 Å². The topological polar surface area (TPSA) is 93.0 Å². The molecule has 6 heteroatoms. The number of hydrogen-bond acceptors (Lipinski definition) is 4. The molecule has 1 heterocycles. The first kappa shape index (κ1) is 15.5. The van der Waals surface area contributed by atoms with Gasteiger partial charge in [0.1, 0.15) is 0 Å². The fraction of sp³-hybridized carbons (Fsp3) is 0.692. The van der Waals surface area contributed by atoms with Crippen LogP contribution in [0.1, 0.15) is 49.8 Å². The van der Waals surface area contributed by atoms with E-state index in [1.54, 1.807) is 0 Å². The van der Waals surface area contributed by atoms with Crippen LogP contribution in [0.2, 0.25) is 0 Å². The minimum atomic E-state index is -0.224. The highest BCUT2D eigenvalue weighted by molar-refractivity contribution is 5.97. The second kappa shape index (κ2) is 7.78. The smallest absolute Gasteiger partial charge is 0.273 e. The lowest BCUT2D eigenvalue weighted by molar-refractivity contribution is 0.0754. The Labute approximate surface area is 114 Å². The number of rotatable bonds is 8. The Morgan fingerprint density at radius 1 is 1.47 bits per heavy atom. The van der Waals surface area contributed by atoms with E-state index >= 15 is 0 Å². The number of nitrogens with zero attached hydrogens (tertiary/aromatic N) is 1. The second-order valence-electron chi connectivity index (χ2n) is 4.70. The van der Waals surface area contributed by atoms with E-state index in [0.717, 1.165) is 31.6 Å². The van der Waals surface area contributed by atoms with Crippen molar-refractivity contribution in [2.24, 2.45) is 0 Å². The summed E-state index contributed by atoms with van der Waals surface area (Å²) in [5.74, 6) is -0.224. The van der Waals surface area contributed by atoms with Gasteiger partial charge in [0.05, 0.1) is 17.5 Å². The number of H-pyrrole nitrogens is 1. The van der Waals surface area contributed by atoms with Crippen molar-refractivity contribution in [3.8, 4) is 0 Å². The molecule has 1 rings (SSSR count). The van der Waals surface area contributed by atoms with Crippen molar-refractivity contribution < 1.29 is 9.53 Å². The summed E-state index contributed by atoms with van der Waals surface area (Å²) in [6, 6.07) is 0. The Morgan fingerprint density at radius 3 is 2.79 bits per heavy atom. The van der Waals surface area contributed by atoms with E-state index in [-0.39, 0.29) is 17.7 Å². The van der Waals surface area contributed by atoms with Gasteiger partial charge in [0.15, 0.2) is 5.69 Å². The van der Waals surface area contributed by atoms with Gasteiger partial charge in [0, 0.05) is 13.2 Å². The Kier molecular flexibility index (Phi) is 6.35. The minimum absolute atomic E-state index is 0.224. The van der Waals surface area contributed by atoms with E-state index in [1.165, 1.54) is 0 Å². The molecule has 0 unspecified atom stereocenters. The molecule has 108 valence electrons. The quantitative estimate of drug-likeness (QED) is 0.623. The highest BCUT2D eigenvalue weighted by Gasteiger charge is 2.15. The molecule has 0 aliphatic carbocycles. The summed E-state index contributed by atoms with van der Waals surface area (Å²) in [6.07, 6.45) is 2.79. The zero-order chi connectivity index (χ0) is 14.3. The van der Waals surface area contributed by atoms with Crippen LogP contribution >= 0.6 is 0 Å². The van der Waals surface area contributed by atoms with Gasteiger partial charge in [0.2, 0.25) is 0 Å². The number of nitrogens with one attached hydrogen (secondary N) is 2. The van der Waals surface area contributed by atoms with Gasteiger partial charge in [-0.1, -0.05) is 6.92 Å². The molecule has 0 bridgehead atoms. The second-order valence-corrected chi connectivity index (χ2v) is 4.70. The molecule has 1 aromatic rings. The first-order valence-corrected chi connectivity index (χ1v) is 6.78. The average Bonchev–Trinajstić information content (AvgIpc) is 2.74. The van der Waals surface area contributed by atoms with E-state index in [1.807, 2.05) is 20.8 Å². The molecule has 19 heavy (non-hydrogen) atoms. The number of carbonyl (C=O) groups excluding carboxylic acids is 1. The number of nitrogen functional groups attached to an aromatic ring is 1. The van der Waals surface area contributed by atoms with Crippen molar-refractivity contribution in [2.75, 3.05) is 18.9 Å². The van der Waals surface area contributed by atoms with Crippen LogP contribution in [0.5, 0.6) is 0 Å². The summed E-state index contributed by atoms with van der Waals surface area (Å²) in [6.45, 7) is 7.30. The number of unbranched alkanes of at least 4 members (excludes halogenated alkanes) is 1. The van der Waals surface area contributed by atoms with Crippen molar-refractivity contribution in [2.45, 2.75) is 46.1 Å². The molecule has 6 nitrogen and oxygen atoms in total. The first-order chi connectivity index (χ1) is 9.06. The maximum atomic E-state index is 11.8. The van der Waals surface area contributed by atoms with Crippen molar-refractivity contribution in [3.05, 3.63) is 11.4 Å². The lowest BCUT2D eigenvalue weighted by Gasteiger charge is -2.07. The standard InChI is InChI=1S/C13H24N4O2/c1-4-10-11(14)12(17-16-10)13(18)15-7-5-6-8-19-9(2)3/h9H,4-8,14H2,1-3H3,(H,15,18)(H,16,17). The zero-order valence-electron chi connectivity index (χ0n) is 12.0. The SMILES string of the molecule is CCc1[nH]nc(C(=O)NCCCCOC(C)C)c1N. The largest absolute Gasteiger partial charge is 0.395 e. The Hall–Kier alpha value is -1.56. The summed E-state index contributed by atoms with van der Waals surface area (Å²) < 4.78 is 5.42. The molecule has 0 radical (unpaired) electrons. The molecular weight excluding hydrogens is 244 g/mol. The van der Waals surface area contributed by atoms with Gasteiger partial charge in [0.25, 0.3) is 5.91 Å². The molecule has 0 aliphatic heterocycles. The maximum absolute atomic E-state index is 11.8. The molecule has 0 atom stereocenters. The van der Waals surface area contributed by atoms with Gasteiger partial charge in [-0.2, -0.15) is 5.10 Å². The van der Waals surface area contributed by atoms with E-state index < -0.39 is 0 Å². The van der Waals surface area contributed by atoms with E-state index in [2.05, 4.69) is 15.5 Å². The summed E-state index contributed by atoms with van der Waals surface area (Å²) in [5.41, 5.74) is 7.36. The first-order valence-electron chi connectivity index (χ1n) is 6.78. The molecule has 4 N–H and O–H groups in total. The Balaban J connectivity index is 2.26. The molecule has 1 aromatic heterocycles. The normalized spacial score (nSPS) is 10.9. The molecule has 1 amide bonds. The van der Waals surface area contributed by atoms with Crippen LogP contribution in [0.25, 0.3) is 0 Å². The maximum Gasteiger partial charge on any atom is 0.273 e.